The van der Waals surface area contributed by atoms with Gasteiger partial charge in [-0.25, -0.2) is 15.0 Å². The zero-order valence-electron chi connectivity index (χ0n) is 16.9. The van der Waals surface area contributed by atoms with E-state index in [1.807, 2.05) is 19.2 Å². The van der Waals surface area contributed by atoms with E-state index < -0.39 is 0 Å². The number of amides is 1. The van der Waals surface area contributed by atoms with Crippen LogP contribution in [0.4, 0.5) is 5.82 Å². The Labute approximate surface area is 191 Å². The molecule has 0 aliphatic heterocycles. The number of hydrogen-bond acceptors (Lipinski definition) is 8. The summed E-state index contributed by atoms with van der Waals surface area (Å²) < 4.78 is 1.27. The number of nitrogens with zero attached hydrogens (tertiary/aromatic N) is 3. The number of thiazole rings is 1. The molecule has 5 aromatic rings. The molecule has 0 aliphatic carbocycles. The second-order valence-electron chi connectivity index (χ2n) is 7.13. The summed E-state index contributed by atoms with van der Waals surface area (Å²) in [5.41, 5.74) is 0.892. The minimum atomic E-state index is -0.145. The second-order valence-corrected chi connectivity index (χ2v) is 10.2. The molecule has 0 unspecified atom stereocenters. The lowest BCUT2D eigenvalue weighted by Crippen LogP contribution is -2.26. The van der Waals surface area contributed by atoms with Crippen LogP contribution in [-0.4, -0.2) is 20.9 Å². The number of aryl methyl sites for hydroxylation is 1. The van der Waals surface area contributed by atoms with E-state index in [2.05, 4.69) is 55.9 Å². The highest BCUT2D eigenvalue weighted by molar-refractivity contribution is 7.20. The van der Waals surface area contributed by atoms with Crippen molar-refractivity contribution in [3.63, 3.8) is 0 Å². The molecule has 0 saturated heterocycles. The van der Waals surface area contributed by atoms with Gasteiger partial charge in [0.25, 0.3) is 5.91 Å². The van der Waals surface area contributed by atoms with E-state index in [0.29, 0.717) is 11.4 Å². The standard InChI is InChI=1S/C22H19N5OS3/c1-12-17-19(24-10-15-9-14-5-3-4-6-16(14)30-15)25-11-26-22(17)31-18(12)20(28)27-13(2)21-23-7-8-29-21/h3-9,11,13H,10H2,1-2H3,(H,27,28)(H,24,25,26)/t13-/m1/s1. The van der Waals surface area contributed by atoms with Crippen molar-refractivity contribution in [2.75, 3.05) is 5.32 Å². The highest BCUT2D eigenvalue weighted by atomic mass is 32.1. The highest BCUT2D eigenvalue weighted by Crippen LogP contribution is 2.34. The Balaban J connectivity index is 1.39. The SMILES string of the molecule is Cc1c(C(=O)N[C@H](C)c2nccs2)sc2ncnc(NCc3cc4ccccc4s3)c12. The third-order valence-electron chi connectivity index (χ3n) is 5.01. The lowest BCUT2D eigenvalue weighted by molar-refractivity contribution is 0.0943. The number of anilines is 1. The van der Waals surface area contributed by atoms with Crippen molar-refractivity contribution in [3.8, 4) is 0 Å². The van der Waals surface area contributed by atoms with Crippen LogP contribution in [0.2, 0.25) is 0 Å². The van der Waals surface area contributed by atoms with Crippen molar-refractivity contribution < 1.29 is 4.79 Å². The Hall–Kier alpha value is -2.88. The van der Waals surface area contributed by atoms with Crippen LogP contribution in [0.25, 0.3) is 20.3 Å². The summed E-state index contributed by atoms with van der Waals surface area (Å²) in [6, 6.07) is 10.4. The fourth-order valence-corrected chi connectivity index (χ4v) is 6.19. The van der Waals surface area contributed by atoms with Crippen molar-refractivity contribution in [2.24, 2.45) is 0 Å². The predicted octanol–water partition coefficient (Wildman–Crippen LogP) is 5.77. The van der Waals surface area contributed by atoms with Crippen molar-refractivity contribution in [1.29, 1.82) is 0 Å². The molecule has 1 amide bonds. The number of fused-ring (bicyclic) bond motifs is 2. The first-order valence-corrected chi connectivity index (χ1v) is 12.3. The van der Waals surface area contributed by atoms with Crippen LogP contribution in [0.1, 0.15) is 38.1 Å². The molecule has 31 heavy (non-hydrogen) atoms. The van der Waals surface area contributed by atoms with E-state index in [-0.39, 0.29) is 11.9 Å². The van der Waals surface area contributed by atoms with Crippen LogP contribution in [0, 0.1) is 6.92 Å². The van der Waals surface area contributed by atoms with E-state index in [1.54, 1.807) is 23.9 Å². The molecule has 0 spiro atoms. The van der Waals surface area contributed by atoms with Gasteiger partial charge in [-0.1, -0.05) is 18.2 Å². The molecule has 0 bridgehead atoms. The van der Waals surface area contributed by atoms with Gasteiger partial charge < -0.3 is 10.6 Å². The van der Waals surface area contributed by atoms with Gasteiger partial charge in [-0.2, -0.15) is 0 Å². The average molecular weight is 466 g/mol. The summed E-state index contributed by atoms with van der Waals surface area (Å²) >= 11 is 4.69. The van der Waals surface area contributed by atoms with Gasteiger partial charge >= 0.3 is 0 Å². The molecule has 0 fully saturated rings. The molecule has 1 aromatic carbocycles. The van der Waals surface area contributed by atoms with Gasteiger partial charge in [0.2, 0.25) is 0 Å². The Kier molecular flexibility index (Phi) is 5.39. The van der Waals surface area contributed by atoms with Gasteiger partial charge in [0.15, 0.2) is 0 Å². The number of carbonyl (C=O) groups excluding carboxylic acids is 1. The molecule has 156 valence electrons. The molecule has 0 saturated carbocycles. The lowest BCUT2D eigenvalue weighted by atomic mass is 10.2. The summed E-state index contributed by atoms with van der Waals surface area (Å²) in [5.74, 6) is 0.641. The fourth-order valence-electron chi connectivity index (χ4n) is 3.49. The Morgan fingerprint density at radius 1 is 1.16 bits per heavy atom. The zero-order chi connectivity index (χ0) is 21.4. The number of rotatable bonds is 6. The number of thiophene rings is 2. The number of aromatic nitrogens is 3. The lowest BCUT2D eigenvalue weighted by Gasteiger charge is -2.10. The molecule has 6 nitrogen and oxygen atoms in total. The van der Waals surface area contributed by atoms with Gasteiger partial charge in [-0.15, -0.1) is 34.0 Å². The van der Waals surface area contributed by atoms with Crippen molar-refractivity contribution in [2.45, 2.75) is 26.4 Å². The average Bonchev–Trinajstić information content (AvgIpc) is 3.51. The molecule has 4 heterocycles. The monoisotopic (exact) mass is 465 g/mol. The van der Waals surface area contributed by atoms with Gasteiger partial charge in [-0.3, -0.25) is 4.79 Å². The van der Waals surface area contributed by atoms with Crippen LogP contribution < -0.4 is 10.6 Å². The molecule has 0 aliphatic rings. The number of nitrogens with one attached hydrogen (secondary N) is 2. The first-order valence-electron chi connectivity index (χ1n) is 9.76. The topological polar surface area (TPSA) is 79.8 Å². The Morgan fingerprint density at radius 3 is 2.84 bits per heavy atom. The zero-order valence-corrected chi connectivity index (χ0v) is 19.3. The van der Waals surface area contributed by atoms with Crippen LogP contribution in [-0.2, 0) is 6.54 Å². The highest BCUT2D eigenvalue weighted by Gasteiger charge is 2.21. The molecule has 9 heteroatoms. The van der Waals surface area contributed by atoms with Gasteiger partial charge in [0.05, 0.1) is 22.8 Å². The van der Waals surface area contributed by atoms with Gasteiger partial charge in [-0.05, 0) is 36.9 Å². The second kappa shape index (κ2) is 8.33. The molecule has 1 atom stereocenters. The fraction of sp³-hybridized carbons (Fsp3) is 0.182. The quantitative estimate of drug-likeness (QED) is 0.333. The predicted molar refractivity (Wildman–Crippen MR) is 129 cm³/mol. The summed E-state index contributed by atoms with van der Waals surface area (Å²) in [7, 11) is 0. The Bertz CT molecular complexity index is 1340. The van der Waals surface area contributed by atoms with Crippen LogP contribution in [0.15, 0.2) is 48.2 Å². The molecule has 5 rings (SSSR count). The largest absolute Gasteiger partial charge is 0.365 e. The van der Waals surface area contributed by atoms with Crippen LogP contribution >= 0.6 is 34.0 Å². The van der Waals surface area contributed by atoms with Gasteiger partial charge in [0.1, 0.15) is 22.0 Å². The molecular formula is C22H19N5OS3. The maximum absolute atomic E-state index is 12.9. The smallest absolute Gasteiger partial charge is 0.262 e. The van der Waals surface area contributed by atoms with Crippen LogP contribution in [0.5, 0.6) is 0 Å². The molecule has 4 aromatic heterocycles. The molecular weight excluding hydrogens is 446 g/mol. The molecule has 0 radical (unpaired) electrons. The third kappa shape index (κ3) is 3.91. The summed E-state index contributed by atoms with van der Waals surface area (Å²) in [6.45, 7) is 4.57. The number of carbonyl (C=O) groups is 1. The normalized spacial score (nSPS) is 12.3. The van der Waals surface area contributed by atoms with E-state index in [0.717, 1.165) is 26.6 Å². The number of benzene rings is 1. The van der Waals surface area contributed by atoms with Crippen molar-refractivity contribution >= 4 is 66.0 Å². The third-order valence-corrected chi connectivity index (χ3v) is 8.28. The van der Waals surface area contributed by atoms with E-state index in [4.69, 9.17) is 0 Å². The van der Waals surface area contributed by atoms with Crippen molar-refractivity contribution in [3.05, 3.63) is 68.6 Å². The van der Waals surface area contributed by atoms with Crippen LogP contribution in [0.3, 0.4) is 0 Å². The van der Waals surface area contributed by atoms with E-state index in [9.17, 15) is 4.79 Å². The minimum Gasteiger partial charge on any atom is -0.365 e. The maximum atomic E-state index is 12.9. The maximum Gasteiger partial charge on any atom is 0.262 e. The summed E-state index contributed by atoms with van der Waals surface area (Å²) in [4.78, 5) is 28.8. The first-order chi connectivity index (χ1) is 15.1. The van der Waals surface area contributed by atoms with Crippen molar-refractivity contribution in [1.82, 2.24) is 20.3 Å². The van der Waals surface area contributed by atoms with Gasteiger partial charge in [0, 0.05) is 21.2 Å². The van der Waals surface area contributed by atoms with E-state index in [1.165, 1.54) is 37.6 Å². The summed E-state index contributed by atoms with van der Waals surface area (Å²) in [5, 5.41) is 11.4. The molecule has 2 N–H and O–H groups in total. The van der Waals surface area contributed by atoms with E-state index >= 15 is 0 Å². The Morgan fingerprint density at radius 2 is 2.03 bits per heavy atom. The number of hydrogen-bond donors (Lipinski definition) is 2. The minimum absolute atomic E-state index is 0.112. The first kappa shape index (κ1) is 20.0. The summed E-state index contributed by atoms with van der Waals surface area (Å²) in [6.07, 6.45) is 3.29.